The van der Waals surface area contributed by atoms with Gasteiger partial charge in [0, 0.05) is 37.4 Å². The summed E-state index contributed by atoms with van der Waals surface area (Å²) in [6.07, 6.45) is -0.988. The first-order chi connectivity index (χ1) is 9.55. The highest BCUT2D eigenvalue weighted by Gasteiger charge is 2.33. The van der Waals surface area contributed by atoms with Gasteiger partial charge in [0.05, 0.1) is 11.9 Å². The molecule has 0 spiro atoms. The van der Waals surface area contributed by atoms with Gasteiger partial charge in [0.2, 0.25) is 0 Å². The van der Waals surface area contributed by atoms with Crippen LogP contribution in [0.3, 0.4) is 0 Å². The lowest BCUT2D eigenvalue weighted by Crippen LogP contribution is -2.40. The predicted molar refractivity (Wildman–Crippen MR) is 68.4 cm³/mol. The van der Waals surface area contributed by atoms with Crippen LogP contribution in [0.25, 0.3) is 0 Å². The summed E-state index contributed by atoms with van der Waals surface area (Å²) in [4.78, 5) is 4.07. The third-order valence-corrected chi connectivity index (χ3v) is 3.61. The fourth-order valence-corrected chi connectivity index (χ4v) is 2.42. The normalized spacial score (nSPS) is 16.1. The Morgan fingerprint density at radius 1 is 1.25 bits per heavy atom. The van der Waals surface area contributed by atoms with Crippen molar-refractivity contribution in [3.8, 4) is 0 Å². The van der Waals surface area contributed by atoms with Gasteiger partial charge in [-0.05, 0) is 11.6 Å². The minimum absolute atomic E-state index is 0.196. The summed E-state index contributed by atoms with van der Waals surface area (Å²) >= 11 is 0. The molecule has 0 atom stereocenters. The first kappa shape index (κ1) is 13.2. The number of nitrogens with one attached hydrogen (secondary N) is 1. The summed E-state index contributed by atoms with van der Waals surface area (Å²) in [5.74, 6) is 0.343. The Bertz CT molecular complexity index is 600. The van der Waals surface area contributed by atoms with E-state index in [9.17, 15) is 13.2 Å². The van der Waals surface area contributed by atoms with Crippen LogP contribution in [0.1, 0.15) is 22.7 Å². The molecule has 2 heterocycles. The third-order valence-electron chi connectivity index (χ3n) is 3.61. The van der Waals surface area contributed by atoms with Crippen molar-refractivity contribution in [2.24, 2.45) is 0 Å². The molecule has 20 heavy (non-hydrogen) atoms. The Hall–Kier alpha value is -1.82. The monoisotopic (exact) mass is 281 g/mol. The molecule has 0 unspecified atom stereocenters. The quantitative estimate of drug-likeness (QED) is 0.937. The van der Waals surface area contributed by atoms with Gasteiger partial charge in [0.25, 0.3) is 0 Å². The Morgan fingerprint density at radius 2 is 2.00 bits per heavy atom. The van der Waals surface area contributed by atoms with Gasteiger partial charge in [-0.15, -0.1) is 0 Å². The van der Waals surface area contributed by atoms with E-state index in [-0.39, 0.29) is 12.1 Å². The summed E-state index contributed by atoms with van der Waals surface area (Å²) in [5, 5.41) is 3.16. The molecule has 3 rings (SSSR count). The van der Waals surface area contributed by atoms with Crippen LogP contribution < -0.4 is 5.32 Å². The van der Waals surface area contributed by atoms with Crippen molar-refractivity contribution < 1.29 is 13.2 Å². The van der Waals surface area contributed by atoms with Crippen molar-refractivity contribution in [1.82, 2.24) is 14.9 Å². The maximum absolute atomic E-state index is 13.0. The Kier molecular flexibility index (Phi) is 3.25. The van der Waals surface area contributed by atoms with Crippen LogP contribution in [0.15, 0.2) is 36.8 Å². The van der Waals surface area contributed by atoms with Crippen LogP contribution in [-0.2, 0) is 12.7 Å². The zero-order valence-corrected chi connectivity index (χ0v) is 10.7. The number of halogens is 3. The highest BCUT2D eigenvalue weighted by molar-refractivity contribution is 5.30. The number of nitrogens with zero attached hydrogens (tertiary/aromatic N) is 2. The molecule has 106 valence electrons. The molecule has 6 heteroatoms. The number of rotatable bonds is 3. The Labute approximate surface area is 114 Å². The number of aromatic nitrogens is 2. The van der Waals surface area contributed by atoms with Gasteiger partial charge < -0.3 is 9.88 Å². The standard InChI is InChI=1S/C14H14F3N3/c15-14(16,17)12-4-2-1-3-10(12)8-20-9-19-7-13(20)11-5-18-6-11/h1-4,7,9,11,18H,5-6,8H2. The second-order valence-corrected chi connectivity index (χ2v) is 4.96. The van der Waals surface area contributed by atoms with E-state index in [1.165, 1.54) is 12.1 Å². The van der Waals surface area contributed by atoms with Gasteiger partial charge in [0.1, 0.15) is 0 Å². The summed E-state index contributed by atoms with van der Waals surface area (Å²) < 4.78 is 40.7. The van der Waals surface area contributed by atoms with Crippen molar-refractivity contribution in [1.29, 1.82) is 0 Å². The number of benzene rings is 1. The molecule has 2 aromatic rings. The number of hydrogen-bond donors (Lipinski definition) is 1. The van der Waals surface area contributed by atoms with Gasteiger partial charge in [-0.3, -0.25) is 0 Å². The van der Waals surface area contributed by atoms with E-state index in [0.29, 0.717) is 5.92 Å². The average molecular weight is 281 g/mol. The molecule has 0 saturated carbocycles. The van der Waals surface area contributed by atoms with Crippen LogP contribution in [0.2, 0.25) is 0 Å². The molecular formula is C14H14F3N3. The van der Waals surface area contributed by atoms with Gasteiger partial charge in [-0.1, -0.05) is 18.2 Å². The van der Waals surface area contributed by atoms with E-state index in [0.717, 1.165) is 24.8 Å². The molecule has 0 radical (unpaired) electrons. The Morgan fingerprint density at radius 3 is 2.65 bits per heavy atom. The Balaban J connectivity index is 1.90. The summed E-state index contributed by atoms with van der Waals surface area (Å²) in [5.41, 5.74) is 0.679. The largest absolute Gasteiger partial charge is 0.416 e. The van der Waals surface area contributed by atoms with Gasteiger partial charge >= 0.3 is 6.18 Å². The van der Waals surface area contributed by atoms with Crippen LogP contribution in [0.5, 0.6) is 0 Å². The third kappa shape index (κ3) is 2.43. The molecule has 0 aliphatic carbocycles. The molecular weight excluding hydrogens is 267 g/mol. The smallest absolute Gasteiger partial charge is 0.330 e. The van der Waals surface area contributed by atoms with Crippen molar-refractivity contribution in [3.05, 3.63) is 53.6 Å². The molecule has 1 aromatic carbocycles. The van der Waals surface area contributed by atoms with E-state index in [1.54, 1.807) is 23.2 Å². The van der Waals surface area contributed by atoms with E-state index >= 15 is 0 Å². The summed E-state index contributed by atoms with van der Waals surface area (Å²) in [7, 11) is 0. The molecule has 0 amide bonds. The van der Waals surface area contributed by atoms with Crippen LogP contribution >= 0.6 is 0 Å². The van der Waals surface area contributed by atoms with E-state index < -0.39 is 11.7 Å². The summed E-state index contributed by atoms with van der Waals surface area (Å²) in [6, 6.07) is 5.69. The molecule has 0 bridgehead atoms. The van der Waals surface area contributed by atoms with Crippen molar-refractivity contribution in [3.63, 3.8) is 0 Å². The first-order valence-electron chi connectivity index (χ1n) is 6.41. The maximum Gasteiger partial charge on any atom is 0.416 e. The highest BCUT2D eigenvalue weighted by Crippen LogP contribution is 2.32. The molecule has 1 N–H and O–H groups in total. The van der Waals surface area contributed by atoms with E-state index in [2.05, 4.69) is 10.3 Å². The summed E-state index contributed by atoms with van der Waals surface area (Å²) in [6.45, 7) is 1.90. The maximum atomic E-state index is 13.0. The lowest BCUT2D eigenvalue weighted by atomic mass is 9.99. The SMILES string of the molecule is FC(F)(F)c1ccccc1Cn1cncc1C1CNC1. The molecule has 1 saturated heterocycles. The molecule has 1 aliphatic heterocycles. The lowest BCUT2D eigenvalue weighted by molar-refractivity contribution is -0.138. The van der Waals surface area contributed by atoms with Crippen LogP contribution in [-0.4, -0.2) is 22.6 Å². The van der Waals surface area contributed by atoms with Crippen molar-refractivity contribution in [2.45, 2.75) is 18.6 Å². The van der Waals surface area contributed by atoms with Gasteiger partial charge in [-0.2, -0.15) is 13.2 Å². The fraction of sp³-hybridized carbons (Fsp3) is 0.357. The second kappa shape index (κ2) is 4.94. The first-order valence-corrected chi connectivity index (χ1v) is 6.41. The van der Waals surface area contributed by atoms with E-state index in [1.807, 2.05) is 0 Å². The zero-order chi connectivity index (χ0) is 14.2. The minimum Gasteiger partial charge on any atom is -0.330 e. The highest BCUT2D eigenvalue weighted by atomic mass is 19.4. The van der Waals surface area contributed by atoms with Crippen LogP contribution in [0, 0.1) is 0 Å². The van der Waals surface area contributed by atoms with Gasteiger partial charge in [-0.25, -0.2) is 4.98 Å². The zero-order valence-electron chi connectivity index (χ0n) is 10.7. The average Bonchev–Trinajstić information content (AvgIpc) is 2.74. The predicted octanol–water partition coefficient (Wildman–Crippen LogP) is 2.64. The fourth-order valence-electron chi connectivity index (χ4n) is 2.42. The molecule has 1 fully saturated rings. The number of hydrogen-bond acceptors (Lipinski definition) is 2. The minimum atomic E-state index is -4.32. The second-order valence-electron chi connectivity index (χ2n) is 4.96. The molecule has 1 aliphatic rings. The topological polar surface area (TPSA) is 29.9 Å². The van der Waals surface area contributed by atoms with Gasteiger partial charge in [0.15, 0.2) is 0 Å². The number of imidazole rings is 1. The lowest BCUT2D eigenvalue weighted by Gasteiger charge is -2.28. The van der Waals surface area contributed by atoms with Crippen molar-refractivity contribution >= 4 is 0 Å². The van der Waals surface area contributed by atoms with Crippen LogP contribution in [0.4, 0.5) is 13.2 Å². The molecule has 1 aromatic heterocycles. The number of alkyl halides is 3. The molecule has 3 nitrogen and oxygen atoms in total. The van der Waals surface area contributed by atoms with Crippen molar-refractivity contribution in [2.75, 3.05) is 13.1 Å². The van der Waals surface area contributed by atoms with E-state index in [4.69, 9.17) is 0 Å².